The van der Waals surface area contributed by atoms with E-state index in [1.54, 1.807) is 28.9 Å². The van der Waals surface area contributed by atoms with Gasteiger partial charge in [0, 0.05) is 25.0 Å². The van der Waals surface area contributed by atoms with Crippen LogP contribution in [0.3, 0.4) is 0 Å². The first-order valence-electron chi connectivity index (χ1n) is 14.5. The smallest absolute Gasteiger partial charge is 0.410 e. The summed E-state index contributed by atoms with van der Waals surface area (Å²) in [6.07, 6.45) is 0.268. The predicted octanol–water partition coefficient (Wildman–Crippen LogP) is 6.61. The van der Waals surface area contributed by atoms with Crippen LogP contribution in [0.5, 0.6) is 0 Å². The number of hydrogen-bond acceptors (Lipinski definition) is 7. The molecule has 0 N–H and O–H groups in total. The van der Waals surface area contributed by atoms with Crippen molar-refractivity contribution in [3.05, 3.63) is 83.3 Å². The number of rotatable bonds is 7. The van der Waals surface area contributed by atoms with Crippen molar-refractivity contribution in [3.8, 4) is 11.1 Å². The van der Waals surface area contributed by atoms with Gasteiger partial charge in [0.25, 0.3) is 0 Å². The number of carbonyl (C=O) groups is 3. The highest BCUT2D eigenvalue weighted by atomic mass is 16.6. The molecule has 3 aromatic rings. The molecule has 0 unspecified atom stereocenters. The predicted molar refractivity (Wildman–Crippen MR) is 156 cm³/mol. The number of furan rings is 1. The first-order valence-corrected chi connectivity index (χ1v) is 14.5. The van der Waals surface area contributed by atoms with Gasteiger partial charge in [0.1, 0.15) is 18.0 Å². The number of hydrogen-bond donors (Lipinski definition) is 0. The van der Waals surface area contributed by atoms with Gasteiger partial charge >= 0.3 is 18.2 Å². The Bertz CT molecular complexity index is 1390. The molecule has 2 aliphatic rings. The fraction of sp³-hybridized carbons (Fsp3) is 0.424. The van der Waals surface area contributed by atoms with Crippen LogP contribution in [-0.2, 0) is 20.8 Å². The minimum absolute atomic E-state index is 0.0729. The number of esters is 1. The molecule has 0 bridgehead atoms. The van der Waals surface area contributed by atoms with Gasteiger partial charge in [-0.3, -0.25) is 4.90 Å². The summed E-state index contributed by atoms with van der Waals surface area (Å²) in [5.41, 5.74) is 3.99. The topological polar surface area (TPSA) is 98.5 Å². The third-order valence-electron chi connectivity index (χ3n) is 7.59. The summed E-state index contributed by atoms with van der Waals surface area (Å²) in [4.78, 5) is 41.8. The van der Waals surface area contributed by atoms with E-state index < -0.39 is 17.7 Å². The third-order valence-corrected chi connectivity index (χ3v) is 7.59. The van der Waals surface area contributed by atoms with E-state index in [4.69, 9.17) is 18.6 Å². The molecule has 9 heteroatoms. The molecule has 9 nitrogen and oxygen atoms in total. The second-order valence-electron chi connectivity index (χ2n) is 11.6. The van der Waals surface area contributed by atoms with Gasteiger partial charge in [0.2, 0.25) is 5.76 Å². The molecule has 1 aliphatic heterocycles. The summed E-state index contributed by atoms with van der Waals surface area (Å²) < 4.78 is 22.3. The van der Waals surface area contributed by atoms with Gasteiger partial charge < -0.3 is 23.5 Å². The van der Waals surface area contributed by atoms with E-state index in [0.717, 1.165) is 22.3 Å². The third kappa shape index (κ3) is 6.45. The SMILES string of the molecule is CCOC(=O)c1ccc(CN(C(=O)OCC2c3ccccc3-c3ccccc32)C2CCN(C(=O)OC(C)(C)C)CC2)o1. The Morgan fingerprint density at radius 3 is 2.12 bits per heavy atom. The van der Waals surface area contributed by atoms with Crippen molar-refractivity contribution < 1.29 is 33.0 Å². The van der Waals surface area contributed by atoms with Gasteiger partial charge in [-0.2, -0.15) is 0 Å². The zero-order valence-electron chi connectivity index (χ0n) is 24.6. The van der Waals surface area contributed by atoms with Crippen molar-refractivity contribution in [1.82, 2.24) is 9.80 Å². The van der Waals surface area contributed by atoms with Crippen LogP contribution < -0.4 is 0 Å². The molecule has 2 heterocycles. The largest absolute Gasteiger partial charge is 0.460 e. The minimum Gasteiger partial charge on any atom is -0.460 e. The van der Waals surface area contributed by atoms with Crippen LogP contribution in [0.15, 0.2) is 65.1 Å². The number of nitrogens with zero attached hydrogens (tertiary/aromatic N) is 2. The van der Waals surface area contributed by atoms with Crippen LogP contribution in [0.2, 0.25) is 0 Å². The van der Waals surface area contributed by atoms with E-state index in [2.05, 4.69) is 24.3 Å². The molecule has 2 amide bonds. The highest BCUT2D eigenvalue weighted by molar-refractivity contribution is 5.86. The number of fused-ring (bicyclic) bond motifs is 3. The number of amides is 2. The fourth-order valence-electron chi connectivity index (χ4n) is 5.65. The molecule has 5 rings (SSSR count). The lowest BCUT2D eigenvalue weighted by Crippen LogP contribution is -2.49. The van der Waals surface area contributed by atoms with E-state index in [1.807, 2.05) is 45.0 Å². The maximum Gasteiger partial charge on any atom is 0.410 e. The normalized spacial score (nSPS) is 15.1. The van der Waals surface area contributed by atoms with E-state index in [-0.39, 0.29) is 43.6 Å². The summed E-state index contributed by atoms with van der Waals surface area (Å²) in [7, 11) is 0. The number of carbonyl (C=O) groups excluding carboxylic acids is 3. The Kier molecular flexibility index (Phi) is 8.56. The molecule has 1 fully saturated rings. The summed E-state index contributed by atoms with van der Waals surface area (Å²) in [6.45, 7) is 8.66. The van der Waals surface area contributed by atoms with Crippen molar-refractivity contribution in [2.75, 3.05) is 26.3 Å². The molecule has 1 aromatic heterocycles. The Hall–Kier alpha value is -4.27. The van der Waals surface area contributed by atoms with Gasteiger partial charge in [-0.25, -0.2) is 14.4 Å². The molecule has 1 aliphatic carbocycles. The zero-order valence-corrected chi connectivity index (χ0v) is 24.6. The standard InChI is InChI=1S/C33H38N2O7/c1-5-39-30(36)29-15-14-23(41-29)20-35(22-16-18-34(19-17-22)31(37)42-33(2,3)4)32(38)40-21-28-26-12-8-6-10-24(26)25-11-7-9-13-27(25)28/h6-15,22,28H,5,16-21H2,1-4H3. The summed E-state index contributed by atoms with van der Waals surface area (Å²) in [6, 6.07) is 19.4. The van der Waals surface area contributed by atoms with Gasteiger partial charge in [0.05, 0.1) is 13.2 Å². The molecule has 0 radical (unpaired) electrons. The van der Waals surface area contributed by atoms with E-state index >= 15 is 0 Å². The van der Waals surface area contributed by atoms with Gasteiger partial charge in [-0.05, 0) is 74.9 Å². The summed E-state index contributed by atoms with van der Waals surface area (Å²) in [5.74, 6) is -0.0985. The van der Waals surface area contributed by atoms with Crippen molar-refractivity contribution in [2.45, 2.75) is 64.6 Å². The molecule has 222 valence electrons. The zero-order chi connectivity index (χ0) is 29.9. The average molecular weight is 575 g/mol. The number of piperidine rings is 1. The van der Waals surface area contributed by atoms with Gasteiger partial charge in [-0.1, -0.05) is 48.5 Å². The summed E-state index contributed by atoms with van der Waals surface area (Å²) in [5, 5.41) is 0. The molecule has 0 spiro atoms. The number of benzene rings is 2. The lowest BCUT2D eigenvalue weighted by atomic mass is 9.98. The van der Waals surface area contributed by atoms with Crippen molar-refractivity contribution >= 4 is 18.2 Å². The fourth-order valence-corrected chi connectivity index (χ4v) is 5.65. The molecule has 0 saturated carbocycles. The number of ether oxygens (including phenoxy) is 3. The van der Waals surface area contributed by atoms with Gasteiger partial charge in [-0.15, -0.1) is 0 Å². The van der Waals surface area contributed by atoms with E-state index in [9.17, 15) is 14.4 Å². The quantitative estimate of drug-likeness (QED) is 0.231. The van der Waals surface area contributed by atoms with E-state index in [1.165, 1.54) is 0 Å². The molecule has 0 atom stereocenters. The summed E-state index contributed by atoms with van der Waals surface area (Å²) >= 11 is 0. The van der Waals surface area contributed by atoms with Crippen LogP contribution in [0.4, 0.5) is 9.59 Å². The van der Waals surface area contributed by atoms with Crippen LogP contribution in [0, 0.1) is 0 Å². The van der Waals surface area contributed by atoms with Crippen LogP contribution in [-0.4, -0.2) is 65.9 Å². The number of likely N-dealkylation sites (tertiary alicyclic amines) is 1. The van der Waals surface area contributed by atoms with Crippen LogP contribution in [0.25, 0.3) is 11.1 Å². The first-order chi connectivity index (χ1) is 20.1. The van der Waals surface area contributed by atoms with E-state index in [0.29, 0.717) is 31.7 Å². The maximum absolute atomic E-state index is 13.7. The molecular formula is C33H38N2O7. The minimum atomic E-state index is -0.586. The molecular weight excluding hydrogens is 536 g/mol. The van der Waals surface area contributed by atoms with Crippen molar-refractivity contribution in [3.63, 3.8) is 0 Å². The highest BCUT2D eigenvalue weighted by Gasteiger charge is 2.35. The first kappa shape index (κ1) is 29.2. The lowest BCUT2D eigenvalue weighted by molar-refractivity contribution is 0.0124. The Morgan fingerprint density at radius 1 is 0.905 bits per heavy atom. The second kappa shape index (κ2) is 12.3. The average Bonchev–Trinajstić information content (AvgIpc) is 3.57. The van der Waals surface area contributed by atoms with Crippen LogP contribution in [0.1, 0.15) is 73.9 Å². The second-order valence-corrected chi connectivity index (χ2v) is 11.6. The lowest BCUT2D eigenvalue weighted by Gasteiger charge is -2.38. The monoisotopic (exact) mass is 574 g/mol. The van der Waals surface area contributed by atoms with Crippen molar-refractivity contribution in [1.29, 1.82) is 0 Å². The Labute approximate surface area is 246 Å². The maximum atomic E-state index is 13.7. The highest BCUT2D eigenvalue weighted by Crippen LogP contribution is 2.44. The van der Waals surface area contributed by atoms with Crippen LogP contribution >= 0.6 is 0 Å². The van der Waals surface area contributed by atoms with Gasteiger partial charge in [0.15, 0.2) is 0 Å². The van der Waals surface area contributed by atoms with Crippen molar-refractivity contribution in [2.24, 2.45) is 0 Å². The Balaban J connectivity index is 1.31. The molecule has 1 saturated heterocycles. The molecule has 2 aromatic carbocycles. The Morgan fingerprint density at radius 2 is 1.52 bits per heavy atom. The molecule has 42 heavy (non-hydrogen) atoms.